The van der Waals surface area contributed by atoms with Crippen molar-refractivity contribution in [2.24, 2.45) is 0 Å². The number of benzene rings is 1. The van der Waals surface area contributed by atoms with Crippen molar-refractivity contribution >= 4 is 27.2 Å². The first-order chi connectivity index (χ1) is 16.3. The second-order valence-corrected chi connectivity index (χ2v) is 11.4. The van der Waals surface area contributed by atoms with Crippen LogP contribution in [0, 0.1) is 13.8 Å². The summed E-state index contributed by atoms with van der Waals surface area (Å²) in [4.78, 5) is 16.8. The number of piperazine rings is 1. The van der Waals surface area contributed by atoms with Gasteiger partial charge in [-0.15, -0.1) is 0 Å². The standard InChI is InChI=1S/C24H35N5O4S/c1-4-5-15-33-22-8-6-20(7-9-22)25-24(30)28-13-11-27(12-14-28)23-18(2)26-29(19(23)3)21-10-16-34(31,32)17-21/h6-9,21H,4-5,10-17H2,1-3H3,(H,25,30). The normalized spacial score (nSPS) is 19.9. The second-order valence-electron chi connectivity index (χ2n) is 9.15. The van der Waals surface area contributed by atoms with Gasteiger partial charge in [-0.3, -0.25) is 4.68 Å². The minimum absolute atomic E-state index is 0.0899. The van der Waals surface area contributed by atoms with E-state index in [-0.39, 0.29) is 23.6 Å². The number of amides is 2. The number of nitrogens with zero attached hydrogens (tertiary/aromatic N) is 4. The van der Waals surface area contributed by atoms with E-state index in [1.165, 1.54) is 0 Å². The van der Waals surface area contributed by atoms with E-state index in [9.17, 15) is 13.2 Å². The number of hydrogen-bond donors (Lipinski definition) is 1. The van der Waals surface area contributed by atoms with Gasteiger partial charge in [0.05, 0.1) is 41.2 Å². The van der Waals surface area contributed by atoms with Crippen LogP contribution in [0.4, 0.5) is 16.2 Å². The number of anilines is 2. The average Bonchev–Trinajstić information content (AvgIpc) is 3.32. The molecule has 1 aromatic heterocycles. The predicted octanol–water partition coefficient (Wildman–Crippen LogP) is 3.39. The number of aromatic nitrogens is 2. The Hall–Kier alpha value is -2.75. The van der Waals surface area contributed by atoms with Gasteiger partial charge in [0.25, 0.3) is 0 Å². The van der Waals surface area contributed by atoms with Gasteiger partial charge in [0.15, 0.2) is 9.84 Å². The lowest BCUT2D eigenvalue weighted by molar-refractivity contribution is 0.208. The monoisotopic (exact) mass is 489 g/mol. The van der Waals surface area contributed by atoms with Gasteiger partial charge in [-0.1, -0.05) is 13.3 Å². The highest BCUT2D eigenvalue weighted by Crippen LogP contribution is 2.31. The summed E-state index contributed by atoms with van der Waals surface area (Å²) in [6, 6.07) is 7.27. The Bertz CT molecular complexity index is 1110. The van der Waals surface area contributed by atoms with Gasteiger partial charge in [0.1, 0.15) is 5.75 Å². The number of nitrogens with one attached hydrogen (secondary N) is 1. The van der Waals surface area contributed by atoms with Crippen molar-refractivity contribution < 1.29 is 17.9 Å². The SMILES string of the molecule is CCCCOc1ccc(NC(=O)N2CCN(c3c(C)nn(C4CCS(=O)(=O)C4)c3C)CC2)cc1. The number of hydrogen-bond acceptors (Lipinski definition) is 6. The zero-order chi connectivity index (χ0) is 24.3. The summed E-state index contributed by atoms with van der Waals surface area (Å²) < 4.78 is 31.4. The fourth-order valence-corrected chi connectivity index (χ4v) is 6.43. The molecule has 2 saturated heterocycles. The fraction of sp³-hybridized carbons (Fsp3) is 0.583. The third-order valence-electron chi connectivity index (χ3n) is 6.60. The summed E-state index contributed by atoms with van der Waals surface area (Å²) in [5.74, 6) is 1.20. The predicted molar refractivity (Wildman–Crippen MR) is 134 cm³/mol. The second kappa shape index (κ2) is 10.2. The van der Waals surface area contributed by atoms with Crippen LogP contribution >= 0.6 is 0 Å². The summed E-state index contributed by atoms with van der Waals surface area (Å²) in [7, 11) is -2.97. The molecule has 1 atom stereocenters. The third-order valence-corrected chi connectivity index (χ3v) is 8.35. The molecular formula is C24H35N5O4S. The van der Waals surface area contributed by atoms with Gasteiger partial charge >= 0.3 is 6.03 Å². The Morgan fingerprint density at radius 3 is 2.47 bits per heavy atom. The minimum Gasteiger partial charge on any atom is -0.494 e. The van der Waals surface area contributed by atoms with Crippen LogP contribution in [0.2, 0.25) is 0 Å². The molecule has 2 aromatic rings. The fourth-order valence-electron chi connectivity index (χ4n) is 4.74. The van der Waals surface area contributed by atoms with Gasteiger partial charge in [-0.2, -0.15) is 5.10 Å². The lowest BCUT2D eigenvalue weighted by Gasteiger charge is -2.36. The molecule has 4 rings (SSSR count). The van der Waals surface area contributed by atoms with Crippen molar-refractivity contribution in [3.8, 4) is 5.75 Å². The summed E-state index contributed by atoms with van der Waals surface area (Å²) in [5.41, 5.74) is 3.71. The van der Waals surface area contributed by atoms with Crippen molar-refractivity contribution in [2.75, 3.05) is 54.5 Å². The number of sulfone groups is 1. The van der Waals surface area contributed by atoms with Crippen molar-refractivity contribution in [1.82, 2.24) is 14.7 Å². The maximum absolute atomic E-state index is 12.8. The van der Waals surface area contributed by atoms with Crippen LogP contribution in [0.15, 0.2) is 24.3 Å². The van der Waals surface area contributed by atoms with Crippen molar-refractivity contribution in [3.05, 3.63) is 35.7 Å². The molecule has 9 nitrogen and oxygen atoms in total. The summed E-state index contributed by atoms with van der Waals surface area (Å²) in [6.07, 6.45) is 2.73. The molecule has 10 heteroatoms. The number of urea groups is 1. The van der Waals surface area contributed by atoms with Crippen molar-refractivity contribution in [3.63, 3.8) is 0 Å². The number of ether oxygens (including phenoxy) is 1. The first-order valence-electron chi connectivity index (χ1n) is 12.1. The van der Waals surface area contributed by atoms with E-state index in [2.05, 4.69) is 22.2 Å². The molecule has 2 aliphatic heterocycles. The number of carbonyl (C=O) groups excluding carboxylic acids is 1. The van der Waals surface area contributed by atoms with E-state index >= 15 is 0 Å². The summed E-state index contributed by atoms with van der Waals surface area (Å²) in [6.45, 7) is 9.41. The van der Waals surface area contributed by atoms with Crippen LogP contribution in [0.3, 0.4) is 0 Å². The highest BCUT2D eigenvalue weighted by molar-refractivity contribution is 7.91. The van der Waals surface area contributed by atoms with Crippen molar-refractivity contribution in [2.45, 2.75) is 46.1 Å². The molecular weight excluding hydrogens is 454 g/mol. The Morgan fingerprint density at radius 2 is 1.85 bits per heavy atom. The van der Waals surface area contributed by atoms with Crippen LogP contribution in [-0.4, -0.2) is 73.4 Å². The zero-order valence-electron chi connectivity index (χ0n) is 20.3. The molecule has 2 amide bonds. The molecule has 1 N–H and O–H groups in total. The Balaban J connectivity index is 1.32. The molecule has 2 fully saturated rings. The number of unbranched alkanes of at least 4 members (excludes halogenated alkanes) is 1. The minimum atomic E-state index is -2.97. The molecule has 34 heavy (non-hydrogen) atoms. The molecule has 3 heterocycles. The van der Waals surface area contributed by atoms with Gasteiger partial charge in [-0.25, -0.2) is 13.2 Å². The maximum Gasteiger partial charge on any atom is 0.321 e. The van der Waals surface area contributed by atoms with Gasteiger partial charge in [0.2, 0.25) is 0 Å². The first kappa shape index (κ1) is 24.4. The Labute approximate surface area is 202 Å². The molecule has 0 spiro atoms. The quantitative estimate of drug-likeness (QED) is 0.599. The summed E-state index contributed by atoms with van der Waals surface area (Å²) in [5, 5.41) is 7.65. The molecule has 186 valence electrons. The van der Waals surface area contributed by atoms with E-state index in [1.807, 2.05) is 47.7 Å². The Morgan fingerprint density at radius 1 is 1.15 bits per heavy atom. The van der Waals surface area contributed by atoms with E-state index < -0.39 is 9.84 Å². The van der Waals surface area contributed by atoms with Crippen molar-refractivity contribution in [1.29, 1.82) is 0 Å². The number of rotatable bonds is 7. The van der Waals surface area contributed by atoms with Gasteiger partial charge in [0, 0.05) is 31.9 Å². The topological polar surface area (TPSA) is 96.8 Å². The molecule has 2 aliphatic rings. The first-order valence-corrected chi connectivity index (χ1v) is 13.9. The van der Waals surface area contributed by atoms with Crippen LogP contribution in [0.1, 0.15) is 43.6 Å². The zero-order valence-corrected chi connectivity index (χ0v) is 21.1. The molecule has 0 bridgehead atoms. The smallest absolute Gasteiger partial charge is 0.321 e. The Kier molecular flexibility index (Phi) is 7.35. The molecule has 1 aromatic carbocycles. The van der Waals surface area contributed by atoms with E-state index in [4.69, 9.17) is 4.74 Å². The molecule has 0 radical (unpaired) electrons. The highest BCUT2D eigenvalue weighted by atomic mass is 32.2. The van der Waals surface area contributed by atoms with E-state index in [0.717, 1.165) is 41.4 Å². The van der Waals surface area contributed by atoms with E-state index in [1.54, 1.807) is 0 Å². The van der Waals surface area contributed by atoms with Gasteiger partial charge < -0.3 is 19.9 Å². The lowest BCUT2D eigenvalue weighted by Crippen LogP contribution is -2.50. The van der Waals surface area contributed by atoms with Crippen LogP contribution in [0.25, 0.3) is 0 Å². The largest absolute Gasteiger partial charge is 0.494 e. The summed E-state index contributed by atoms with van der Waals surface area (Å²) >= 11 is 0. The van der Waals surface area contributed by atoms with Gasteiger partial charge in [-0.05, 0) is 51.0 Å². The van der Waals surface area contributed by atoms with Crippen LogP contribution in [-0.2, 0) is 9.84 Å². The number of aryl methyl sites for hydroxylation is 1. The maximum atomic E-state index is 12.8. The third kappa shape index (κ3) is 5.48. The average molecular weight is 490 g/mol. The van der Waals surface area contributed by atoms with E-state index in [0.29, 0.717) is 39.2 Å². The van der Waals surface area contributed by atoms with Crippen LogP contribution < -0.4 is 15.0 Å². The molecule has 1 unspecified atom stereocenters. The number of carbonyl (C=O) groups is 1. The lowest BCUT2D eigenvalue weighted by atomic mass is 10.2. The molecule has 0 saturated carbocycles. The molecule has 0 aliphatic carbocycles. The van der Waals surface area contributed by atoms with Crippen LogP contribution in [0.5, 0.6) is 5.75 Å². The highest BCUT2D eigenvalue weighted by Gasteiger charge is 2.33.